The van der Waals surface area contributed by atoms with Crippen LogP contribution in [-0.4, -0.2) is 102 Å². The summed E-state index contributed by atoms with van der Waals surface area (Å²) in [5, 5.41) is 3.00. The fraction of sp³-hybridized carbons (Fsp3) is 0.851. The molecule has 2 spiro atoms. The number of ketones is 2. The van der Waals surface area contributed by atoms with Crippen LogP contribution in [0.2, 0.25) is 0 Å². The zero-order valence-electron chi connectivity index (χ0n) is 50.4. The van der Waals surface area contributed by atoms with Gasteiger partial charge in [-0.3, -0.25) is 28.9 Å². The van der Waals surface area contributed by atoms with E-state index in [2.05, 4.69) is 25.7 Å². The van der Waals surface area contributed by atoms with Gasteiger partial charge in [-0.1, -0.05) is 86.5 Å². The first-order valence-electron chi connectivity index (χ1n) is 28.9. The predicted molar refractivity (Wildman–Crippen MR) is 234 cm³/mol. The molecule has 0 aromatic rings. The highest BCUT2D eigenvalue weighted by molar-refractivity contribution is 7.87. The van der Waals surface area contributed by atoms with E-state index in [9.17, 15) is 18.0 Å². The number of carbonyl (C=O) groups excluding carboxylic acids is 5. The van der Waals surface area contributed by atoms with Gasteiger partial charge >= 0.3 is 10.2 Å². The van der Waals surface area contributed by atoms with Gasteiger partial charge in [0.25, 0.3) is 0 Å². The lowest BCUT2D eigenvalue weighted by Gasteiger charge is -2.40. The molecule has 0 aromatic heterocycles. The molecule has 6 fully saturated rings. The molecule has 2 saturated heterocycles. The normalized spacial score (nSPS) is 36.6. The Bertz CT molecular complexity index is 2320. The van der Waals surface area contributed by atoms with Gasteiger partial charge in [0.15, 0.2) is 11.6 Å². The molecule has 3 amide bonds. The van der Waals surface area contributed by atoms with E-state index >= 15 is 14.4 Å². The van der Waals surface area contributed by atoms with Gasteiger partial charge in [-0.15, -0.1) is 6.58 Å². The third-order valence-electron chi connectivity index (χ3n) is 16.2. The topological polar surface area (TPSA) is 153 Å². The van der Waals surface area contributed by atoms with Crippen molar-refractivity contribution in [2.24, 2.45) is 44.8 Å². The van der Waals surface area contributed by atoms with Crippen molar-refractivity contribution >= 4 is 39.5 Å². The molecular formula is C47H77N5O7S. The predicted octanol–water partition coefficient (Wildman–Crippen LogP) is 6.59. The van der Waals surface area contributed by atoms with Crippen LogP contribution in [0.4, 0.5) is 0 Å². The minimum absolute atomic E-state index is 0.132. The first-order valence-corrected chi connectivity index (χ1v) is 23.3. The molecule has 60 heavy (non-hydrogen) atoms. The van der Waals surface area contributed by atoms with Gasteiger partial charge in [0, 0.05) is 68.9 Å². The standard InChI is InChI=1S/C47H77N5O7S/c1-11-33-27-45(33,42(57)49-60(58,59)50(12-2)13-3)29-38(54)36-28-47(44(9,10)46(47)23-19-24-46)30-52(36)41(56)34(43(6,7)8)26-37(53)39(32-20-15-14-16-21-32)48-40(55)35-22-17-18-25-51(35)31(4)5/h11,31-36,39H,1,12-30H2,2-10H3,(H,48,55)(H,49,57)/t33-,34-,35+,36+,39+,45-,47-/m1/s1/i2D3,3D3,4D3,12D2,13D2,31D/t31?,33-,34-,35+,36+,39+,45-,47-. The van der Waals surface area contributed by atoms with E-state index in [-0.39, 0.29) is 55.5 Å². The Labute approximate surface area is 381 Å². The fourth-order valence-corrected chi connectivity index (χ4v) is 13.0. The van der Waals surface area contributed by atoms with Crippen LogP contribution in [0.1, 0.15) is 178 Å². The molecule has 13 heteroatoms. The molecule has 338 valence electrons. The van der Waals surface area contributed by atoms with Crippen molar-refractivity contribution in [3.63, 3.8) is 0 Å². The molecule has 2 aliphatic heterocycles. The number of likely N-dealkylation sites (tertiary alicyclic amines) is 2. The van der Waals surface area contributed by atoms with Crippen molar-refractivity contribution in [2.75, 3.05) is 26.1 Å². The summed E-state index contributed by atoms with van der Waals surface area (Å²) in [4.78, 5) is 77.3. The Morgan fingerprint density at radius 1 is 0.967 bits per heavy atom. The number of fused-ring (bicyclic) bond motifs is 1. The lowest BCUT2D eigenvalue weighted by molar-refractivity contribution is -0.147. The molecule has 12 nitrogen and oxygen atoms in total. The molecule has 8 atom stereocenters. The van der Waals surface area contributed by atoms with Crippen LogP contribution in [-0.2, 0) is 34.2 Å². The lowest BCUT2D eigenvalue weighted by atomic mass is 9.73. The highest BCUT2D eigenvalue weighted by atomic mass is 32.2. The van der Waals surface area contributed by atoms with E-state index in [0.29, 0.717) is 25.7 Å². The Morgan fingerprint density at radius 2 is 1.63 bits per heavy atom. The minimum atomic E-state index is -6.01. The van der Waals surface area contributed by atoms with Crippen LogP contribution in [0.3, 0.4) is 0 Å². The number of hydrogen-bond donors (Lipinski definition) is 2. The molecule has 4 saturated carbocycles. The number of nitrogens with one attached hydrogen (secondary N) is 2. The summed E-state index contributed by atoms with van der Waals surface area (Å²) in [7, 11) is -6.01. The maximum Gasteiger partial charge on any atom is 0.303 e. The van der Waals surface area contributed by atoms with Gasteiger partial charge in [-0.05, 0) is 99.8 Å². The molecular weight excluding hydrogens is 779 g/mol. The Morgan fingerprint density at radius 3 is 2.18 bits per heavy atom. The van der Waals surface area contributed by atoms with E-state index < -0.39 is 136 Å². The van der Waals surface area contributed by atoms with Crippen molar-refractivity contribution in [1.29, 1.82) is 0 Å². The highest BCUT2D eigenvalue weighted by Gasteiger charge is 2.85. The van der Waals surface area contributed by atoms with Gasteiger partial charge in [0.05, 0.1) is 23.5 Å². The minimum Gasteiger partial charge on any atom is -0.345 e. The zero-order valence-corrected chi connectivity index (χ0v) is 37.2. The number of piperidine rings is 1. The average Bonchev–Trinajstić information content (AvgIpc) is 3.97. The zero-order chi connectivity index (χ0) is 56.2. The van der Waals surface area contributed by atoms with Crippen LogP contribution in [0.25, 0.3) is 0 Å². The monoisotopic (exact) mass is 870 g/mol. The number of Topliss-reactive ketones (excluding diaryl/α,β-unsaturated/α-hetero) is 2. The Balaban J connectivity index is 1.32. The third-order valence-corrected chi connectivity index (χ3v) is 17.3. The summed E-state index contributed by atoms with van der Waals surface area (Å²) < 4.78 is 140. The van der Waals surface area contributed by atoms with Crippen molar-refractivity contribution < 1.29 is 51.6 Å². The fourth-order valence-electron chi connectivity index (χ4n) is 12.2. The molecule has 0 bridgehead atoms. The number of hydrogen-bond acceptors (Lipinski definition) is 8. The maximum atomic E-state index is 15.6. The van der Waals surface area contributed by atoms with Crippen LogP contribution >= 0.6 is 0 Å². The summed E-state index contributed by atoms with van der Waals surface area (Å²) in [6.45, 7) is -4.21. The van der Waals surface area contributed by atoms with Gasteiger partial charge in [-0.25, -0.2) is 4.72 Å². The SMILES string of the molecule is [2H]C([2H])([2H])C([2H])([2H])N(C([2H])([2H])C([2H])([2H])[2H])S(=O)(=O)NC(=O)[C@@]1(CC(=O)[C@@H]2C[C@@]3(CN2C(=O)[C@@H](CC(=O)[C@@H](NC(=O)[C@@H]2CCCCN2C([2H])(C)C([2H])([2H])[2H])C2CCCCC2)C(C)(C)C)C(C)(C)C32CCC2)C[C@H]1C=C. The second-order valence-corrected chi connectivity index (χ2v) is 21.9. The van der Waals surface area contributed by atoms with E-state index in [1.54, 1.807) is 20.8 Å². The van der Waals surface area contributed by atoms with Crippen molar-refractivity contribution in [1.82, 2.24) is 24.1 Å². The summed E-state index contributed by atoms with van der Waals surface area (Å²) in [5.41, 5.74) is -3.99. The molecule has 1 unspecified atom stereocenters. The smallest absolute Gasteiger partial charge is 0.303 e. The van der Waals surface area contributed by atoms with Gasteiger partial charge in [0.2, 0.25) is 17.7 Å². The molecule has 6 aliphatic rings. The summed E-state index contributed by atoms with van der Waals surface area (Å²) in [6.07, 6.45) is 8.08. The Hall–Kier alpha value is -2.64. The second kappa shape index (κ2) is 17.1. The first-order chi connectivity index (χ1) is 33.5. The maximum absolute atomic E-state index is 15.6. The molecule has 0 aromatic carbocycles. The summed E-state index contributed by atoms with van der Waals surface area (Å²) in [5.74, 6) is -5.83. The lowest BCUT2D eigenvalue weighted by Crippen LogP contribution is -2.57. The van der Waals surface area contributed by atoms with E-state index in [1.165, 1.54) is 27.5 Å². The number of carbonyl (C=O) groups is 5. The van der Waals surface area contributed by atoms with Crippen LogP contribution in [0, 0.1) is 44.8 Å². The average molecular weight is 870 g/mol. The summed E-state index contributed by atoms with van der Waals surface area (Å²) >= 11 is 0. The second-order valence-electron chi connectivity index (χ2n) is 20.4. The van der Waals surface area contributed by atoms with Crippen LogP contribution < -0.4 is 10.0 Å². The van der Waals surface area contributed by atoms with Crippen LogP contribution in [0.15, 0.2) is 12.7 Å². The van der Waals surface area contributed by atoms with E-state index in [4.69, 9.17) is 19.2 Å². The molecule has 2 N–H and O–H groups in total. The third kappa shape index (κ3) is 8.07. The van der Waals surface area contributed by atoms with Crippen LogP contribution in [0.5, 0.6) is 0 Å². The Kier molecular flexibility index (Phi) is 8.93. The highest BCUT2D eigenvalue weighted by Crippen LogP contribution is 2.88. The van der Waals surface area contributed by atoms with Gasteiger partial charge < -0.3 is 10.2 Å². The molecule has 6 rings (SSSR count). The number of nitrogens with zero attached hydrogens (tertiary/aromatic N) is 3. The van der Waals surface area contributed by atoms with E-state index in [0.717, 1.165) is 38.5 Å². The van der Waals surface area contributed by atoms with Crippen molar-refractivity contribution in [2.45, 2.75) is 183 Å². The molecule has 0 radical (unpaired) electrons. The number of rotatable bonds is 17. The summed E-state index contributed by atoms with van der Waals surface area (Å²) in [6, 6.07) is -5.32. The quantitative estimate of drug-likeness (QED) is 0.156. The molecule has 4 aliphatic carbocycles. The number of amides is 3. The number of allylic oxidation sites excluding steroid dienone is 1. The first kappa shape index (κ1) is 31.2. The van der Waals surface area contributed by atoms with E-state index in [1.807, 2.05) is 0 Å². The van der Waals surface area contributed by atoms with Crippen molar-refractivity contribution in [3.05, 3.63) is 12.7 Å². The largest absolute Gasteiger partial charge is 0.345 e. The van der Waals surface area contributed by atoms with Gasteiger partial charge in [-0.2, -0.15) is 12.7 Å². The molecule has 2 heterocycles. The van der Waals surface area contributed by atoms with Crippen molar-refractivity contribution in [3.8, 4) is 0 Å². The van der Waals surface area contributed by atoms with Gasteiger partial charge in [0.1, 0.15) is 0 Å².